The van der Waals surface area contributed by atoms with Gasteiger partial charge in [0, 0.05) is 12.0 Å². The smallest absolute Gasteiger partial charge is 0.408 e. The number of amides is 1. The van der Waals surface area contributed by atoms with Gasteiger partial charge in [0.2, 0.25) is 0 Å². The molecule has 0 aliphatic heterocycles. The summed E-state index contributed by atoms with van der Waals surface area (Å²) in [5.41, 5.74) is -0.176. The topological polar surface area (TPSA) is 90.9 Å². The number of ether oxygens (including phenoxy) is 3. The number of carbonyl (C=O) groups excluding carboxylic acids is 3. The largest absolute Gasteiger partial charge is 0.494 e. The van der Waals surface area contributed by atoms with E-state index in [0.29, 0.717) is 17.9 Å². The van der Waals surface area contributed by atoms with Crippen molar-refractivity contribution >= 4 is 17.8 Å². The number of carbonyl (C=O) groups is 3. The van der Waals surface area contributed by atoms with Gasteiger partial charge in [-0.2, -0.15) is 0 Å². The number of hydrogen-bond donors (Lipinski definition) is 1. The van der Waals surface area contributed by atoms with E-state index in [9.17, 15) is 14.4 Å². The zero-order chi connectivity index (χ0) is 21.2. The first-order valence-electron chi connectivity index (χ1n) is 9.49. The molecule has 0 heterocycles. The highest BCUT2D eigenvalue weighted by Gasteiger charge is 2.25. The van der Waals surface area contributed by atoms with E-state index in [1.807, 2.05) is 0 Å². The van der Waals surface area contributed by atoms with Gasteiger partial charge in [-0.3, -0.25) is 4.79 Å². The summed E-state index contributed by atoms with van der Waals surface area (Å²) in [4.78, 5) is 36.2. The molecule has 0 aromatic heterocycles. The van der Waals surface area contributed by atoms with E-state index in [1.54, 1.807) is 45.0 Å². The number of ketones is 1. The third-order valence-electron chi connectivity index (χ3n) is 3.78. The van der Waals surface area contributed by atoms with E-state index >= 15 is 0 Å². The molecule has 0 radical (unpaired) electrons. The van der Waals surface area contributed by atoms with Gasteiger partial charge in [0.05, 0.1) is 13.7 Å². The van der Waals surface area contributed by atoms with Crippen LogP contribution in [0, 0.1) is 0 Å². The lowest BCUT2D eigenvalue weighted by atomic mass is 10.0. The molecule has 0 bridgehead atoms. The fraction of sp³-hybridized carbons (Fsp3) is 0.571. The summed E-state index contributed by atoms with van der Waals surface area (Å²) in [6, 6.07) is 5.93. The number of nitrogens with one attached hydrogen (secondary N) is 1. The van der Waals surface area contributed by atoms with Crippen molar-refractivity contribution in [1.82, 2.24) is 5.32 Å². The van der Waals surface area contributed by atoms with Gasteiger partial charge in [-0.05, 0) is 57.9 Å². The minimum Gasteiger partial charge on any atom is -0.494 e. The molecule has 0 spiro atoms. The van der Waals surface area contributed by atoms with Gasteiger partial charge < -0.3 is 19.5 Å². The fourth-order valence-electron chi connectivity index (χ4n) is 2.33. The normalized spacial score (nSPS) is 12.0. The Balaban J connectivity index is 2.62. The van der Waals surface area contributed by atoms with Gasteiger partial charge in [0.15, 0.2) is 5.78 Å². The number of alkyl carbamates (subject to hydrolysis) is 1. The number of esters is 1. The maximum absolute atomic E-state index is 12.4. The second-order valence-corrected chi connectivity index (χ2v) is 7.41. The molecule has 0 aliphatic carbocycles. The number of unbranched alkanes of at least 4 members (excludes halogenated alkanes) is 1. The third kappa shape index (κ3) is 8.88. The van der Waals surface area contributed by atoms with Crippen molar-refractivity contribution in [3.05, 3.63) is 29.8 Å². The fourth-order valence-corrected chi connectivity index (χ4v) is 2.33. The van der Waals surface area contributed by atoms with E-state index in [2.05, 4.69) is 12.2 Å². The van der Waals surface area contributed by atoms with Crippen LogP contribution in [0.25, 0.3) is 0 Å². The second kappa shape index (κ2) is 11.3. The highest BCUT2D eigenvalue weighted by Crippen LogP contribution is 2.15. The molecule has 0 aliphatic rings. The summed E-state index contributed by atoms with van der Waals surface area (Å²) in [6.07, 6.45) is 1.48. The molecule has 156 valence electrons. The summed E-state index contributed by atoms with van der Waals surface area (Å²) in [6.45, 7) is 7.89. The molecule has 7 heteroatoms. The number of Topliss-reactive ketones (excluding diaryl/α,β-unsaturated/α-hetero) is 1. The van der Waals surface area contributed by atoms with Crippen LogP contribution in [0.4, 0.5) is 4.79 Å². The van der Waals surface area contributed by atoms with E-state index < -0.39 is 23.7 Å². The van der Waals surface area contributed by atoms with Gasteiger partial charge >= 0.3 is 12.1 Å². The Bertz CT molecular complexity index is 648. The Morgan fingerprint density at radius 3 is 2.29 bits per heavy atom. The zero-order valence-corrected chi connectivity index (χ0v) is 17.4. The van der Waals surface area contributed by atoms with Crippen molar-refractivity contribution in [3.8, 4) is 5.75 Å². The molecule has 1 N–H and O–H groups in total. The summed E-state index contributed by atoms with van der Waals surface area (Å²) in [7, 11) is 1.23. The maximum Gasteiger partial charge on any atom is 0.408 e. The molecule has 1 rings (SSSR count). The van der Waals surface area contributed by atoms with E-state index in [0.717, 1.165) is 12.8 Å². The summed E-state index contributed by atoms with van der Waals surface area (Å²) in [5.74, 6) is -0.0534. The highest BCUT2D eigenvalue weighted by molar-refractivity contribution is 5.96. The van der Waals surface area contributed by atoms with Crippen LogP contribution in [0.3, 0.4) is 0 Å². The number of methoxy groups -OCH3 is 1. The first-order valence-corrected chi connectivity index (χ1v) is 9.49. The Morgan fingerprint density at radius 1 is 1.11 bits per heavy atom. The van der Waals surface area contributed by atoms with Gasteiger partial charge in [0.1, 0.15) is 17.4 Å². The molecule has 0 fully saturated rings. The molecule has 1 amide bonds. The van der Waals surface area contributed by atoms with Gasteiger partial charge in [-0.1, -0.05) is 13.3 Å². The minimum atomic E-state index is -0.958. The lowest BCUT2D eigenvalue weighted by Crippen LogP contribution is -2.44. The molecular formula is C21H31NO6. The van der Waals surface area contributed by atoms with Crippen molar-refractivity contribution in [2.75, 3.05) is 13.7 Å². The van der Waals surface area contributed by atoms with E-state index in [4.69, 9.17) is 14.2 Å². The predicted molar refractivity (Wildman–Crippen MR) is 106 cm³/mol. The SMILES string of the molecule is CCCCOc1ccc(C(=O)CC[C@H](NC(=O)OC(C)(C)C)C(=O)OC)cc1. The van der Waals surface area contributed by atoms with Crippen LogP contribution in [0.2, 0.25) is 0 Å². The molecule has 28 heavy (non-hydrogen) atoms. The second-order valence-electron chi connectivity index (χ2n) is 7.41. The number of hydrogen-bond acceptors (Lipinski definition) is 6. The minimum absolute atomic E-state index is 0.0750. The Hall–Kier alpha value is -2.57. The maximum atomic E-state index is 12.4. The standard InChI is InChI=1S/C21H31NO6/c1-6-7-14-27-16-10-8-15(9-11-16)18(23)13-12-17(19(24)26-5)22-20(25)28-21(2,3)4/h8-11,17H,6-7,12-14H2,1-5H3,(H,22,25)/t17-/m0/s1. The Morgan fingerprint density at radius 2 is 1.75 bits per heavy atom. The molecule has 1 aromatic carbocycles. The van der Waals surface area contributed by atoms with Gasteiger partial charge in [-0.25, -0.2) is 9.59 Å². The first kappa shape index (κ1) is 23.5. The van der Waals surface area contributed by atoms with Crippen LogP contribution >= 0.6 is 0 Å². The molecular weight excluding hydrogens is 362 g/mol. The van der Waals surface area contributed by atoms with Crippen molar-refractivity contribution in [2.24, 2.45) is 0 Å². The van der Waals surface area contributed by atoms with Gasteiger partial charge in [0.25, 0.3) is 0 Å². The summed E-state index contributed by atoms with van der Waals surface area (Å²) < 4.78 is 15.4. The van der Waals surface area contributed by atoms with E-state index in [-0.39, 0.29) is 18.6 Å². The average Bonchev–Trinajstić information content (AvgIpc) is 2.63. The monoisotopic (exact) mass is 393 g/mol. The van der Waals surface area contributed by atoms with Crippen molar-refractivity contribution in [1.29, 1.82) is 0 Å². The van der Waals surface area contributed by atoms with Crippen LogP contribution in [-0.2, 0) is 14.3 Å². The van der Waals surface area contributed by atoms with E-state index in [1.165, 1.54) is 7.11 Å². The molecule has 1 atom stereocenters. The number of benzene rings is 1. The predicted octanol–water partition coefficient (Wildman–Crippen LogP) is 3.89. The zero-order valence-electron chi connectivity index (χ0n) is 17.4. The molecule has 1 aromatic rings. The highest BCUT2D eigenvalue weighted by atomic mass is 16.6. The Labute approximate surface area is 166 Å². The van der Waals surface area contributed by atoms with Crippen molar-refractivity contribution in [3.63, 3.8) is 0 Å². The van der Waals surface area contributed by atoms with Crippen molar-refractivity contribution in [2.45, 2.75) is 65.0 Å². The van der Waals surface area contributed by atoms with Crippen LogP contribution in [0.1, 0.15) is 63.7 Å². The summed E-state index contributed by atoms with van der Waals surface area (Å²) in [5, 5.41) is 2.46. The Kier molecular flexibility index (Phi) is 9.48. The lowest BCUT2D eigenvalue weighted by Gasteiger charge is -2.22. The molecule has 7 nitrogen and oxygen atoms in total. The molecule has 0 saturated carbocycles. The van der Waals surface area contributed by atoms with Crippen molar-refractivity contribution < 1.29 is 28.6 Å². The number of rotatable bonds is 10. The lowest BCUT2D eigenvalue weighted by molar-refractivity contribution is -0.143. The van der Waals surface area contributed by atoms with Crippen LogP contribution in [0.5, 0.6) is 5.75 Å². The molecule has 0 saturated heterocycles. The average molecular weight is 393 g/mol. The van der Waals surface area contributed by atoms with Crippen LogP contribution < -0.4 is 10.1 Å². The third-order valence-corrected chi connectivity index (χ3v) is 3.78. The summed E-state index contributed by atoms with van der Waals surface area (Å²) >= 11 is 0. The first-order chi connectivity index (χ1) is 13.2. The van der Waals surface area contributed by atoms with Crippen LogP contribution in [-0.4, -0.2) is 43.2 Å². The molecule has 0 unspecified atom stereocenters. The quantitative estimate of drug-likeness (QED) is 0.368. The van der Waals surface area contributed by atoms with Gasteiger partial charge in [-0.15, -0.1) is 0 Å². The van der Waals surface area contributed by atoms with Crippen LogP contribution in [0.15, 0.2) is 24.3 Å².